The van der Waals surface area contributed by atoms with Crippen LogP contribution in [0.3, 0.4) is 0 Å². The molecule has 2 rings (SSSR count). The molecule has 1 saturated heterocycles. The second-order valence-corrected chi connectivity index (χ2v) is 5.91. The maximum atomic E-state index is 13.5. The van der Waals surface area contributed by atoms with E-state index >= 15 is 0 Å². The van der Waals surface area contributed by atoms with E-state index in [-0.39, 0.29) is 12.2 Å². The highest BCUT2D eigenvalue weighted by Crippen LogP contribution is 2.22. The van der Waals surface area contributed by atoms with Crippen LogP contribution in [-0.2, 0) is 4.79 Å². The average Bonchev–Trinajstić information content (AvgIpc) is 2.38. The summed E-state index contributed by atoms with van der Waals surface area (Å²) < 4.78 is 39.4. The van der Waals surface area contributed by atoms with Crippen LogP contribution in [0, 0.1) is 29.3 Å². The number of nitrogens with one attached hydrogen (secondary N) is 1. The van der Waals surface area contributed by atoms with Gasteiger partial charge in [-0.05, 0) is 30.4 Å². The second-order valence-electron chi connectivity index (χ2n) is 5.91. The lowest BCUT2D eigenvalue weighted by Gasteiger charge is -2.34. The van der Waals surface area contributed by atoms with Crippen molar-refractivity contribution in [2.75, 3.05) is 25.0 Å². The van der Waals surface area contributed by atoms with Crippen LogP contribution in [-0.4, -0.2) is 30.4 Å². The Balaban J connectivity index is 1.97. The Labute approximate surface area is 122 Å². The summed E-state index contributed by atoms with van der Waals surface area (Å²) >= 11 is 0. The molecule has 6 heteroatoms. The lowest BCUT2D eigenvalue weighted by atomic mass is 9.92. The minimum atomic E-state index is -1.58. The number of halogens is 3. The summed E-state index contributed by atoms with van der Waals surface area (Å²) in [6.07, 6.45) is 1.12. The van der Waals surface area contributed by atoms with Gasteiger partial charge in [-0.2, -0.15) is 0 Å². The summed E-state index contributed by atoms with van der Waals surface area (Å²) in [6, 6.07) is 1.81. The van der Waals surface area contributed by atoms with Crippen LogP contribution < -0.4 is 5.32 Å². The van der Waals surface area contributed by atoms with Crippen molar-refractivity contribution in [3.63, 3.8) is 0 Å². The second kappa shape index (κ2) is 6.47. The highest BCUT2D eigenvalue weighted by atomic mass is 19.2. The van der Waals surface area contributed by atoms with E-state index in [2.05, 4.69) is 19.2 Å². The SMILES string of the molecule is C[C@@H]1C[C@H](C)CN(CC(=O)Nc2ccc(F)c(F)c2F)C1. The zero-order valence-corrected chi connectivity index (χ0v) is 12.1. The molecular weight excluding hydrogens is 281 g/mol. The number of amides is 1. The van der Waals surface area contributed by atoms with Crippen molar-refractivity contribution in [2.45, 2.75) is 20.3 Å². The van der Waals surface area contributed by atoms with Gasteiger partial charge in [0.25, 0.3) is 0 Å². The minimum absolute atomic E-state index is 0.118. The molecule has 3 nitrogen and oxygen atoms in total. The Bertz CT molecular complexity index is 526. The van der Waals surface area contributed by atoms with Gasteiger partial charge in [0.2, 0.25) is 5.91 Å². The Kier molecular flexibility index (Phi) is 4.88. The van der Waals surface area contributed by atoms with Crippen LogP contribution in [0.2, 0.25) is 0 Å². The van der Waals surface area contributed by atoms with Crippen LogP contribution in [0.15, 0.2) is 12.1 Å². The topological polar surface area (TPSA) is 32.3 Å². The quantitative estimate of drug-likeness (QED) is 0.870. The van der Waals surface area contributed by atoms with E-state index in [0.717, 1.165) is 31.6 Å². The van der Waals surface area contributed by atoms with Crippen molar-refractivity contribution in [1.29, 1.82) is 0 Å². The van der Waals surface area contributed by atoms with Gasteiger partial charge < -0.3 is 5.32 Å². The fraction of sp³-hybridized carbons (Fsp3) is 0.533. The number of benzene rings is 1. The van der Waals surface area contributed by atoms with Gasteiger partial charge in [-0.25, -0.2) is 13.2 Å². The zero-order chi connectivity index (χ0) is 15.6. The Hall–Kier alpha value is -1.56. The number of likely N-dealkylation sites (tertiary alicyclic amines) is 1. The van der Waals surface area contributed by atoms with Gasteiger partial charge in [0.05, 0.1) is 12.2 Å². The Morgan fingerprint density at radius 3 is 2.43 bits per heavy atom. The molecule has 0 radical (unpaired) electrons. The number of rotatable bonds is 3. The molecule has 1 heterocycles. The molecule has 0 bridgehead atoms. The molecule has 0 unspecified atom stereocenters. The number of hydrogen-bond acceptors (Lipinski definition) is 2. The molecule has 0 aliphatic carbocycles. The smallest absolute Gasteiger partial charge is 0.238 e. The standard InChI is InChI=1S/C15H19F3N2O/c1-9-5-10(2)7-20(6-9)8-13(21)19-12-4-3-11(16)14(17)15(12)18/h3-4,9-10H,5-8H2,1-2H3,(H,19,21)/t9-,10+. The van der Waals surface area contributed by atoms with E-state index < -0.39 is 23.4 Å². The number of piperidine rings is 1. The first-order chi connectivity index (χ1) is 9.86. The number of carbonyl (C=O) groups is 1. The van der Waals surface area contributed by atoms with Gasteiger partial charge in [-0.15, -0.1) is 0 Å². The van der Waals surface area contributed by atoms with Crippen molar-refractivity contribution < 1.29 is 18.0 Å². The third-order valence-electron chi connectivity index (χ3n) is 3.62. The third kappa shape index (κ3) is 3.97. The van der Waals surface area contributed by atoms with Gasteiger partial charge in [0.1, 0.15) is 0 Å². The van der Waals surface area contributed by atoms with Crippen LogP contribution in [0.5, 0.6) is 0 Å². The molecule has 116 valence electrons. The summed E-state index contributed by atoms with van der Waals surface area (Å²) in [5.41, 5.74) is -0.336. The zero-order valence-electron chi connectivity index (χ0n) is 12.1. The van der Waals surface area contributed by atoms with Crippen LogP contribution in [0.1, 0.15) is 20.3 Å². The summed E-state index contributed by atoms with van der Waals surface area (Å²) in [4.78, 5) is 13.9. The van der Waals surface area contributed by atoms with Gasteiger partial charge >= 0.3 is 0 Å². The van der Waals surface area contributed by atoms with Crippen LogP contribution in [0.25, 0.3) is 0 Å². The molecule has 1 aliphatic rings. The van der Waals surface area contributed by atoms with Crippen molar-refractivity contribution in [2.24, 2.45) is 11.8 Å². The van der Waals surface area contributed by atoms with E-state index in [0.29, 0.717) is 11.8 Å². The van der Waals surface area contributed by atoms with Gasteiger partial charge in [0.15, 0.2) is 17.5 Å². The maximum absolute atomic E-state index is 13.5. The van der Waals surface area contributed by atoms with Gasteiger partial charge in [0, 0.05) is 13.1 Å². The lowest BCUT2D eigenvalue weighted by Crippen LogP contribution is -2.42. The Morgan fingerprint density at radius 1 is 1.19 bits per heavy atom. The average molecular weight is 300 g/mol. The summed E-state index contributed by atoms with van der Waals surface area (Å²) in [7, 11) is 0. The van der Waals surface area contributed by atoms with Crippen molar-refractivity contribution in [1.82, 2.24) is 4.90 Å². The molecule has 1 aromatic carbocycles. The first-order valence-electron chi connectivity index (χ1n) is 7.02. The molecule has 21 heavy (non-hydrogen) atoms. The predicted octanol–water partition coefficient (Wildman–Crippen LogP) is 3.02. The first-order valence-corrected chi connectivity index (χ1v) is 7.02. The predicted molar refractivity (Wildman–Crippen MR) is 74.3 cm³/mol. The minimum Gasteiger partial charge on any atom is -0.322 e. The number of carbonyl (C=O) groups excluding carboxylic acids is 1. The normalized spacial score (nSPS) is 23.1. The van der Waals surface area contributed by atoms with Gasteiger partial charge in [-0.3, -0.25) is 9.69 Å². The molecule has 1 amide bonds. The monoisotopic (exact) mass is 300 g/mol. The molecule has 0 saturated carbocycles. The number of anilines is 1. The third-order valence-corrected chi connectivity index (χ3v) is 3.62. The summed E-state index contributed by atoms with van der Waals surface area (Å²) in [6.45, 7) is 5.97. The maximum Gasteiger partial charge on any atom is 0.238 e. The van der Waals surface area contributed by atoms with E-state index in [1.807, 2.05) is 4.90 Å². The highest BCUT2D eigenvalue weighted by molar-refractivity contribution is 5.92. The molecule has 1 N–H and O–H groups in total. The molecule has 0 spiro atoms. The highest BCUT2D eigenvalue weighted by Gasteiger charge is 2.24. The van der Waals surface area contributed by atoms with E-state index in [9.17, 15) is 18.0 Å². The lowest BCUT2D eigenvalue weighted by molar-refractivity contribution is -0.117. The van der Waals surface area contributed by atoms with E-state index in [1.165, 1.54) is 0 Å². The van der Waals surface area contributed by atoms with Crippen molar-refractivity contribution in [3.8, 4) is 0 Å². The Morgan fingerprint density at radius 2 is 1.81 bits per heavy atom. The number of nitrogens with zero attached hydrogens (tertiary/aromatic N) is 1. The van der Waals surface area contributed by atoms with Crippen molar-refractivity contribution in [3.05, 3.63) is 29.6 Å². The number of hydrogen-bond donors (Lipinski definition) is 1. The molecule has 2 atom stereocenters. The van der Waals surface area contributed by atoms with E-state index in [1.54, 1.807) is 0 Å². The molecule has 0 aromatic heterocycles. The fourth-order valence-electron chi connectivity index (χ4n) is 2.94. The summed E-state index contributed by atoms with van der Waals surface area (Å²) in [5, 5.41) is 2.29. The first kappa shape index (κ1) is 15.8. The molecular formula is C15H19F3N2O. The molecule has 1 fully saturated rings. The van der Waals surface area contributed by atoms with Crippen LogP contribution >= 0.6 is 0 Å². The largest absolute Gasteiger partial charge is 0.322 e. The molecule has 1 aliphatic heterocycles. The fourth-order valence-corrected chi connectivity index (χ4v) is 2.94. The van der Waals surface area contributed by atoms with Gasteiger partial charge in [-0.1, -0.05) is 13.8 Å². The van der Waals surface area contributed by atoms with E-state index in [4.69, 9.17) is 0 Å². The van der Waals surface area contributed by atoms with Crippen LogP contribution in [0.4, 0.5) is 18.9 Å². The van der Waals surface area contributed by atoms with Crippen molar-refractivity contribution >= 4 is 11.6 Å². The molecule has 1 aromatic rings. The summed E-state index contributed by atoms with van der Waals surface area (Å²) in [5.74, 6) is -3.65.